The fourth-order valence-electron chi connectivity index (χ4n) is 3.17. The van der Waals surface area contributed by atoms with Gasteiger partial charge in [-0.2, -0.15) is 21.5 Å². The second-order valence-corrected chi connectivity index (χ2v) is 9.01. The van der Waals surface area contributed by atoms with Gasteiger partial charge in [-0.15, -0.1) is 0 Å². The fraction of sp³-hybridized carbons (Fsp3) is 0.125. The van der Waals surface area contributed by atoms with Crippen LogP contribution in [0.2, 0.25) is 0 Å². The quantitative estimate of drug-likeness (QED) is 0.277. The fourth-order valence-corrected chi connectivity index (χ4v) is 4.22. The summed E-state index contributed by atoms with van der Waals surface area (Å²) < 4.78 is 15.3. The molecule has 3 aromatic carbocycles. The van der Waals surface area contributed by atoms with Crippen molar-refractivity contribution in [2.75, 3.05) is 12.4 Å². The molecule has 1 heterocycles. The van der Waals surface area contributed by atoms with Gasteiger partial charge in [0.2, 0.25) is 0 Å². The van der Waals surface area contributed by atoms with Crippen LogP contribution < -0.4 is 5.56 Å². The molecule has 0 aliphatic heterocycles. The molecular weight excluding hydrogens is 493 g/mol. The van der Waals surface area contributed by atoms with Crippen molar-refractivity contribution in [1.29, 1.82) is 0 Å². The molecule has 0 aliphatic rings. The number of aliphatic hydroxyl groups is 1. The van der Waals surface area contributed by atoms with Crippen LogP contribution in [0.5, 0.6) is 0 Å². The Morgan fingerprint density at radius 2 is 1.94 bits per heavy atom. The molecule has 0 aliphatic carbocycles. The Balaban J connectivity index is 1.84. The molecule has 1 aromatic heterocycles. The summed E-state index contributed by atoms with van der Waals surface area (Å²) in [5, 5.41) is 13.9. The van der Waals surface area contributed by atoms with Crippen molar-refractivity contribution in [3.63, 3.8) is 0 Å². The van der Waals surface area contributed by atoms with Gasteiger partial charge in [-0.1, -0.05) is 46.3 Å². The zero-order chi connectivity index (χ0) is 22.5. The molecule has 0 unspecified atom stereocenters. The largest absolute Gasteiger partial charge is 0.396 e. The highest BCUT2D eigenvalue weighted by atomic mass is 79.9. The first-order valence-electron chi connectivity index (χ1n) is 9.85. The van der Waals surface area contributed by atoms with Crippen molar-refractivity contribution in [3.8, 4) is 11.4 Å². The lowest BCUT2D eigenvalue weighted by molar-refractivity contribution is 0.322. The lowest BCUT2D eigenvalue weighted by Crippen LogP contribution is -2.20. The molecule has 0 atom stereocenters. The predicted molar refractivity (Wildman–Crippen MR) is 132 cm³/mol. The summed E-state index contributed by atoms with van der Waals surface area (Å²) in [6.07, 6.45) is 1.51. The number of aliphatic hydroxyl groups excluding tert-OH is 1. The zero-order valence-corrected chi connectivity index (χ0v) is 19.3. The molecule has 162 valence electrons. The molecule has 5 nitrogen and oxygen atoms in total. The van der Waals surface area contributed by atoms with Gasteiger partial charge in [-0.25, -0.2) is 9.37 Å². The lowest BCUT2D eigenvalue weighted by Gasteiger charge is -2.11. The van der Waals surface area contributed by atoms with Crippen molar-refractivity contribution < 1.29 is 9.50 Å². The lowest BCUT2D eigenvalue weighted by atomic mass is 10.1. The van der Waals surface area contributed by atoms with Gasteiger partial charge in [0.1, 0.15) is 5.82 Å². The third kappa shape index (κ3) is 5.15. The van der Waals surface area contributed by atoms with Gasteiger partial charge in [0.25, 0.3) is 5.56 Å². The third-order valence-corrected chi connectivity index (χ3v) is 6.19. The van der Waals surface area contributed by atoms with Crippen LogP contribution in [0.1, 0.15) is 11.1 Å². The van der Waals surface area contributed by atoms with Gasteiger partial charge in [-0.05, 0) is 47.5 Å². The molecule has 4 rings (SSSR count). The van der Waals surface area contributed by atoms with Crippen LogP contribution >= 0.6 is 27.7 Å². The summed E-state index contributed by atoms with van der Waals surface area (Å²) in [6.45, 7) is 0.129. The topological polar surface area (TPSA) is 67.5 Å². The Morgan fingerprint density at radius 3 is 2.72 bits per heavy atom. The van der Waals surface area contributed by atoms with Crippen LogP contribution in [0.4, 0.5) is 4.39 Å². The van der Waals surface area contributed by atoms with Gasteiger partial charge < -0.3 is 5.11 Å². The maximum atomic E-state index is 13.3. The Morgan fingerprint density at radius 1 is 1.12 bits per heavy atom. The summed E-state index contributed by atoms with van der Waals surface area (Å²) in [5.41, 5.74) is 2.74. The second kappa shape index (κ2) is 10.2. The molecule has 0 radical (unpaired) electrons. The number of aromatic nitrogens is 2. The number of hydrogen-bond donors (Lipinski definition) is 1. The SMILES string of the molecule is O=c1c2cc(Br)ccc2nc(-c2cccc(CSCCO)c2)n1/N=C/c1ccc(F)cc1. The summed E-state index contributed by atoms with van der Waals surface area (Å²) in [5.74, 6) is 1.46. The van der Waals surface area contributed by atoms with E-state index in [1.807, 2.05) is 30.3 Å². The van der Waals surface area contributed by atoms with Crippen molar-refractivity contribution in [1.82, 2.24) is 9.66 Å². The molecule has 0 amide bonds. The Bertz CT molecular complexity index is 1340. The molecule has 0 fully saturated rings. The summed E-state index contributed by atoms with van der Waals surface area (Å²) in [4.78, 5) is 18.1. The van der Waals surface area contributed by atoms with Crippen molar-refractivity contribution in [2.45, 2.75) is 5.75 Å². The first-order valence-corrected chi connectivity index (χ1v) is 11.8. The highest BCUT2D eigenvalue weighted by Gasteiger charge is 2.13. The van der Waals surface area contributed by atoms with E-state index >= 15 is 0 Å². The van der Waals surface area contributed by atoms with E-state index in [2.05, 4.69) is 21.0 Å². The highest BCUT2D eigenvalue weighted by Crippen LogP contribution is 2.23. The number of halogens is 2. The van der Waals surface area contributed by atoms with Crippen LogP contribution in [-0.4, -0.2) is 33.3 Å². The van der Waals surface area contributed by atoms with E-state index in [4.69, 9.17) is 10.1 Å². The molecule has 8 heteroatoms. The Labute approximate surface area is 196 Å². The number of rotatable bonds is 7. The molecule has 1 N–H and O–H groups in total. The smallest absolute Gasteiger partial charge is 0.282 e. The zero-order valence-electron chi connectivity index (χ0n) is 16.9. The average Bonchev–Trinajstić information content (AvgIpc) is 2.80. The number of fused-ring (bicyclic) bond motifs is 1. The molecule has 0 saturated heterocycles. The minimum absolute atomic E-state index is 0.129. The first-order chi connectivity index (χ1) is 15.5. The van der Waals surface area contributed by atoms with Gasteiger partial charge in [-0.3, -0.25) is 4.79 Å². The number of benzene rings is 3. The van der Waals surface area contributed by atoms with E-state index in [-0.39, 0.29) is 18.0 Å². The molecule has 4 aromatic rings. The van der Waals surface area contributed by atoms with Crippen molar-refractivity contribution >= 4 is 44.8 Å². The molecule has 32 heavy (non-hydrogen) atoms. The first kappa shape index (κ1) is 22.4. The molecule has 0 saturated carbocycles. The maximum Gasteiger partial charge on any atom is 0.282 e. The van der Waals surface area contributed by atoms with Crippen LogP contribution in [-0.2, 0) is 5.75 Å². The Hall–Kier alpha value is -2.81. The van der Waals surface area contributed by atoms with E-state index in [0.29, 0.717) is 28.0 Å². The summed E-state index contributed by atoms with van der Waals surface area (Å²) in [6, 6.07) is 19.0. The standard InChI is InChI=1S/C24H19BrFN3O2S/c25-19-6-9-22-21(13-19)24(31)29(27-14-16-4-7-20(26)8-5-16)23(28-22)18-3-1-2-17(12-18)15-32-11-10-30/h1-9,12-14,30H,10-11,15H2/b27-14+. The van der Waals surface area contributed by atoms with Crippen LogP contribution in [0, 0.1) is 5.82 Å². The van der Waals surface area contributed by atoms with E-state index in [1.54, 1.807) is 36.0 Å². The van der Waals surface area contributed by atoms with E-state index in [1.165, 1.54) is 23.0 Å². The van der Waals surface area contributed by atoms with Crippen LogP contribution in [0.3, 0.4) is 0 Å². The highest BCUT2D eigenvalue weighted by molar-refractivity contribution is 9.10. The molecule has 0 bridgehead atoms. The normalized spacial score (nSPS) is 11.5. The Kier molecular flexibility index (Phi) is 7.14. The number of nitrogens with zero attached hydrogens (tertiary/aromatic N) is 3. The number of hydrogen-bond acceptors (Lipinski definition) is 5. The predicted octanol–water partition coefficient (Wildman–Crippen LogP) is 5.07. The minimum atomic E-state index is -0.340. The van der Waals surface area contributed by atoms with Gasteiger partial charge in [0.15, 0.2) is 5.82 Å². The third-order valence-electron chi connectivity index (χ3n) is 4.69. The number of thioether (sulfide) groups is 1. The summed E-state index contributed by atoms with van der Waals surface area (Å²) >= 11 is 5.03. The maximum absolute atomic E-state index is 13.3. The van der Waals surface area contributed by atoms with Gasteiger partial charge >= 0.3 is 0 Å². The molecular formula is C24H19BrFN3O2S. The minimum Gasteiger partial charge on any atom is -0.396 e. The van der Waals surface area contributed by atoms with E-state index in [9.17, 15) is 9.18 Å². The van der Waals surface area contributed by atoms with E-state index < -0.39 is 0 Å². The molecule has 0 spiro atoms. The second-order valence-electron chi connectivity index (χ2n) is 6.99. The monoisotopic (exact) mass is 511 g/mol. The van der Waals surface area contributed by atoms with Crippen molar-refractivity contribution in [3.05, 3.63) is 98.5 Å². The van der Waals surface area contributed by atoms with Gasteiger partial charge in [0.05, 0.1) is 23.7 Å². The average molecular weight is 512 g/mol. The van der Waals surface area contributed by atoms with Gasteiger partial charge in [0, 0.05) is 21.5 Å². The summed E-state index contributed by atoms with van der Waals surface area (Å²) in [7, 11) is 0. The van der Waals surface area contributed by atoms with Crippen LogP contribution in [0.15, 0.2) is 81.1 Å². The van der Waals surface area contributed by atoms with Crippen LogP contribution in [0.25, 0.3) is 22.3 Å². The van der Waals surface area contributed by atoms with E-state index in [0.717, 1.165) is 21.4 Å². The van der Waals surface area contributed by atoms with Crippen molar-refractivity contribution in [2.24, 2.45) is 5.10 Å².